The number of anilines is 1. The minimum Gasteiger partial charge on any atom is -0.352 e. The molecule has 40 heavy (non-hydrogen) atoms. The van der Waals surface area contributed by atoms with E-state index < -0.39 is 34.3 Å². The molecule has 0 radical (unpaired) electrons. The van der Waals surface area contributed by atoms with Crippen molar-refractivity contribution >= 4 is 43.5 Å². The lowest BCUT2D eigenvalue weighted by molar-refractivity contribution is -0.139. The van der Waals surface area contributed by atoms with Crippen molar-refractivity contribution in [3.05, 3.63) is 94.2 Å². The lowest BCUT2D eigenvalue weighted by Gasteiger charge is -2.32. The Kier molecular flexibility index (Phi) is 9.63. The smallest absolute Gasteiger partial charge is 0.264 e. The number of nitrogens with one attached hydrogen (secondary N) is 1. The maximum Gasteiger partial charge on any atom is 0.264 e. The van der Waals surface area contributed by atoms with Crippen LogP contribution < -0.4 is 9.62 Å². The second-order valence-corrected chi connectivity index (χ2v) is 12.9. The summed E-state index contributed by atoms with van der Waals surface area (Å²) in [5.41, 5.74) is 1.80. The molecule has 3 aromatic rings. The van der Waals surface area contributed by atoms with Crippen LogP contribution in [0.5, 0.6) is 0 Å². The SMILES string of the molecule is Cc1ccc(S(=O)(=O)N(CC(=O)N(Cc2cccc(Br)c2)[C@@H](C)C(=O)NC2CCCC2)c2ccc(F)cc2)cc1. The molecular weight excluding hydrogens is 597 g/mol. The first-order chi connectivity index (χ1) is 19.0. The van der Waals surface area contributed by atoms with Crippen molar-refractivity contribution in [1.29, 1.82) is 0 Å². The van der Waals surface area contributed by atoms with E-state index in [2.05, 4.69) is 21.2 Å². The number of carbonyl (C=O) groups excluding carboxylic acids is 2. The van der Waals surface area contributed by atoms with Gasteiger partial charge in [-0.15, -0.1) is 0 Å². The third-order valence-electron chi connectivity index (χ3n) is 7.11. The van der Waals surface area contributed by atoms with E-state index in [1.165, 1.54) is 29.2 Å². The summed E-state index contributed by atoms with van der Waals surface area (Å²) in [6, 6.07) is 17.8. The zero-order chi connectivity index (χ0) is 28.9. The Hall–Kier alpha value is -3.24. The van der Waals surface area contributed by atoms with E-state index in [4.69, 9.17) is 0 Å². The van der Waals surface area contributed by atoms with Crippen molar-refractivity contribution in [2.45, 2.75) is 63.1 Å². The van der Waals surface area contributed by atoms with Gasteiger partial charge in [-0.05, 0) is 80.8 Å². The van der Waals surface area contributed by atoms with Crippen LogP contribution in [-0.4, -0.2) is 43.8 Å². The monoisotopic (exact) mass is 629 g/mol. The van der Waals surface area contributed by atoms with Gasteiger partial charge in [-0.25, -0.2) is 12.8 Å². The number of rotatable bonds is 10. The molecule has 1 N–H and O–H groups in total. The molecule has 1 aliphatic rings. The molecule has 0 bridgehead atoms. The molecule has 0 saturated heterocycles. The fourth-order valence-corrected chi connectivity index (χ4v) is 6.64. The highest BCUT2D eigenvalue weighted by Crippen LogP contribution is 2.26. The van der Waals surface area contributed by atoms with Crippen LogP contribution in [-0.2, 0) is 26.2 Å². The third kappa shape index (κ3) is 7.28. The fraction of sp³-hybridized carbons (Fsp3) is 0.333. The molecule has 1 atom stereocenters. The van der Waals surface area contributed by atoms with Gasteiger partial charge in [0.1, 0.15) is 18.4 Å². The first-order valence-corrected chi connectivity index (χ1v) is 15.5. The number of carbonyl (C=O) groups is 2. The number of amides is 2. The lowest BCUT2D eigenvalue weighted by Crippen LogP contribution is -2.52. The molecule has 1 aliphatic carbocycles. The van der Waals surface area contributed by atoms with E-state index in [0.29, 0.717) is 0 Å². The zero-order valence-electron chi connectivity index (χ0n) is 22.5. The first-order valence-electron chi connectivity index (χ1n) is 13.2. The fourth-order valence-electron chi connectivity index (χ4n) is 4.78. The van der Waals surface area contributed by atoms with Crippen molar-refractivity contribution in [2.24, 2.45) is 0 Å². The Morgan fingerprint density at radius 1 is 1.02 bits per heavy atom. The summed E-state index contributed by atoms with van der Waals surface area (Å²) in [4.78, 5) is 28.6. The van der Waals surface area contributed by atoms with Crippen LogP contribution >= 0.6 is 15.9 Å². The van der Waals surface area contributed by atoms with E-state index in [-0.39, 0.29) is 29.1 Å². The summed E-state index contributed by atoms with van der Waals surface area (Å²) in [5, 5.41) is 3.05. The molecule has 4 rings (SSSR count). The molecule has 0 aromatic heterocycles. The van der Waals surface area contributed by atoms with Gasteiger partial charge in [0.05, 0.1) is 10.6 Å². The quantitative estimate of drug-likeness (QED) is 0.318. The summed E-state index contributed by atoms with van der Waals surface area (Å²) in [5.74, 6) is -1.38. The molecule has 0 aliphatic heterocycles. The summed E-state index contributed by atoms with van der Waals surface area (Å²) in [7, 11) is -4.20. The van der Waals surface area contributed by atoms with Gasteiger partial charge in [-0.2, -0.15) is 0 Å². The Bertz CT molecular complexity index is 1440. The van der Waals surface area contributed by atoms with E-state index in [9.17, 15) is 22.4 Å². The van der Waals surface area contributed by atoms with Gasteiger partial charge in [0.2, 0.25) is 11.8 Å². The average molecular weight is 631 g/mol. The summed E-state index contributed by atoms with van der Waals surface area (Å²) < 4.78 is 43.1. The second-order valence-electron chi connectivity index (χ2n) is 10.1. The molecule has 7 nitrogen and oxygen atoms in total. The Balaban J connectivity index is 1.68. The number of aryl methyl sites for hydroxylation is 1. The topological polar surface area (TPSA) is 86.8 Å². The number of benzene rings is 3. The molecule has 212 valence electrons. The first kappa shape index (κ1) is 29.7. The number of nitrogens with zero attached hydrogens (tertiary/aromatic N) is 2. The van der Waals surface area contributed by atoms with Gasteiger partial charge in [0.15, 0.2) is 0 Å². The Morgan fingerprint density at radius 3 is 2.30 bits per heavy atom. The zero-order valence-corrected chi connectivity index (χ0v) is 24.9. The Labute approximate surface area is 243 Å². The number of halogens is 2. The maximum absolute atomic E-state index is 14.0. The normalized spacial score (nSPS) is 14.5. The second kappa shape index (κ2) is 13.0. The van der Waals surface area contributed by atoms with Crippen molar-refractivity contribution in [3.63, 3.8) is 0 Å². The predicted molar refractivity (Wildman–Crippen MR) is 157 cm³/mol. The van der Waals surface area contributed by atoms with Gasteiger partial charge >= 0.3 is 0 Å². The lowest BCUT2D eigenvalue weighted by atomic mass is 10.1. The standard InChI is InChI=1S/C30H33BrFN3O4S/c1-21-10-16-28(17-11-21)40(38,39)35(27-14-12-25(32)13-15-27)20-29(36)34(19-23-6-5-7-24(31)18-23)22(2)30(37)33-26-8-3-4-9-26/h5-7,10-18,22,26H,3-4,8-9,19-20H2,1-2H3,(H,33,37)/t22-/m0/s1. The van der Waals surface area contributed by atoms with E-state index in [1.54, 1.807) is 19.1 Å². The highest BCUT2D eigenvalue weighted by molar-refractivity contribution is 9.10. The highest BCUT2D eigenvalue weighted by Gasteiger charge is 2.33. The number of sulfonamides is 1. The minimum absolute atomic E-state index is 0.000731. The average Bonchev–Trinajstić information content (AvgIpc) is 3.44. The van der Waals surface area contributed by atoms with Crippen LogP contribution in [0.2, 0.25) is 0 Å². The molecule has 3 aromatic carbocycles. The van der Waals surface area contributed by atoms with Crippen molar-refractivity contribution in [2.75, 3.05) is 10.8 Å². The highest BCUT2D eigenvalue weighted by atomic mass is 79.9. The molecule has 0 spiro atoms. The van der Waals surface area contributed by atoms with Crippen LogP contribution in [0.1, 0.15) is 43.7 Å². The molecule has 1 saturated carbocycles. The van der Waals surface area contributed by atoms with Crippen LogP contribution in [0.3, 0.4) is 0 Å². The molecular formula is C30H33BrFN3O4S. The van der Waals surface area contributed by atoms with Crippen molar-refractivity contribution in [1.82, 2.24) is 10.2 Å². The Morgan fingerprint density at radius 2 is 1.68 bits per heavy atom. The summed E-state index contributed by atoms with van der Waals surface area (Å²) >= 11 is 3.45. The maximum atomic E-state index is 14.0. The molecule has 10 heteroatoms. The molecule has 0 unspecified atom stereocenters. The van der Waals surface area contributed by atoms with Crippen LogP contribution in [0.25, 0.3) is 0 Å². The van der Waals surface area contributed by atoms with Crippen LogP contribution in [0.4, 0.5) is 10.1 Å². The van der Waals surface area contributed by atoms with Gasteiger partial charge < -0.3 is 10.2 Å². The van der Waals surface area contributed by atoms with Gasteiger partial charge in [-0.1, -0.05) is 58.6 Å². The van der Waals surface area contributed by atoms with Crippen molar-refractivity contribution < 1.29 is 22.4 Å². The minimum atomic E-state index is -4.20. The number of hydrogen-bond donors (Lipinski definition) is 1. The van der Waals surface area contributed by atoms with E-state index in [1.807, 2.05) is 31.2 Å². The van der Waals surface area contributed by atoms with Crippen LogP contribution in [0, 0.1) is 12.7 Å². The summed E-state index contributed by atoms with van der Waals surface area (Å²) in [6.07, 6.45) is 3.88. The molecule has 0 heterocycles. The van der Waals surface area contributed by atoms with Gasteiger partial charge in [0, 0.05) is 17.1 Å². The van der Waals surface area contributed by atoms with Crippen LogP contribution in [0.15, 0.2) is 82.2 Å². The van der Waals surface area contributed by atoms with E-state index in [0.717, 1.165) is 57.7 Å². The van der Waals surface area contributed by atoms with E-state index >= 15 is 0 Å². The van der Waals surface area contributed by atoms with Gasteiger partial charge in [0.25, 0.3) is 10.0 Å². The predicted octanol–water partition coefficient (Wildman–Crippen LogP) is 5.57. The van der Waals surface area contributed by atoms with Crippen molar-refractivity contribution in [3.8, 4) is 0 Å². The molecule has 1 fully saturated rings. The molecule has 2 amide bonds. The third-order valence-corrected chi connectivity index (χ3v) is 9.39. The van der Waals surface area contributed by atoms with Gasteiger partial charge in [-0.3, -0.25) is 13.9 Å². The number of hydrogen-bond acceptors (Lipinski definition) is 4. The largest absolute Gasteiger partial charge is 0.352 e. The summed E-state index contributed by atoms with van der Waals surface area (Å²) in [6.45, 7) is 3.02.